The molecule has 1 heterocycles. The lowest BCUT2D eigenvalue weighted by Gasteiger charge is -2.35. The molecule has 0 aromatic heterocycles. The summed E-state index contributed by atoms with van der Waals surface area (Å²) in [5, 5.41) is 3.64. The Kier molecular flexibility index (Phi) is 8.08. The lowest BCUT2D eigenvalue weighted by Crippen LogP contribution is -2.49. The number of rotatable bonds is 9. The van der Waals surface area contributed by atoms with Crippen LogP contribution in [-0.2, 0) is 0 Å². The Labute approximate surface area is 127 Å². The van der Waals surface area contributed by atoms with Crippen LogP contribution in [0.4, 0.5) is 0 Å². The molecule has 120 valence electrons. The van der Waals surface area contributed by atoms with Crippen LogP contribution in [0.15, 0.2) is 0 Å². The zero-order chi connectivity index (χ0) is 15.1. The van der Waals surface area contributed by atoms with E-state index >= 15 is 0 Å². The Balaban J connectivity index is 2.44. The van der Waals surface area contributed by atoms with Crippen molar-refractivity contribution in [3.05, 3.63) is 0 Å². The van der Waals surface area contributed by atoms with Crippen molar-refractivity contribution in [1.29, 1.82) is 0 Å². The van der Waals surface area contributed by atoms with E-state index in [0.717, 1.165) is 25.0 Å². The maximum atomic E-state index is 3.64. The first-order valence-corrected chi connectivity index (χ1v) is 8.60. The maximum absolute atomic E-state index is 3.64. The van der Waals surface area contributed by atoms with Crippen molar-refractivity contribution in [2.24, 2.45) is 11.8 Å². The molecule has 2 atom stereocenters. The van der Waals surface area contributed by atoms with Crippen molar-refractivity contribution in [1.82, 2.24) is 15.1 Å². The summed E-state index contributed by atoms with van der Waals surface area (Å²) in [4.78, 5) is 5.24. The van der Waals surface area contributed by atoms with E-state index < -0.39 is 0 Å². The molecule has 2 unspecified atom stereocenters. The van der Waals surface area contributed by atoms with Crippen LogP contribution < -0.4 is 5.32 Å². The van der Waals surface area contributed by atoms with Gasteiger partial charge in [-0.05, 0) is 51.4 Å². The van der Waals surface area contributed by atoms with Crippen molar-refractivity contribution < 1.29 is 0 Å². The topological polar surface area (TPSA) is 18.5 Å². The summed E-state index contributed by atoms with van der Waals surface area (Å²) >= 11 is 0. The van der Waals surface area contributed by atoms with Crippen molar-refractivity contribution in [3.8, 4) is 0 Å². The smallest absolute Gasteiger partial charge is 0.0241 e. The number of nitrogens with zero attached hydrogens (tertiary/aromatic N) is 2. The van der Waals surface area contributed by atoms with Gasteiger partial charge in [0.25, 0.3) is 0 Å². The van der Waals surface area contributed by atoms with E-state index in [4.69, 9.17) is 0 Å². The third-order valence-corrected chi connectivity index (χ3v) is 4.65. The molecule has 1 fully saturated rings. The summed E-state index contributed by atoms with van der Waals surface area (Å²) in [7, 11) is 2.31. The van der Waals surface area contributed by atoms with E-state index in [2.05, 4.69) is 56.8 Å². The highest BCUT2D eigenvalue weighted by atomic mass is 15.2. The van der Waals surface area contributed by atoms with Gasteiger partial charge in [-0.3, -0.25) is 4.90 Å². The van der Waals surface area contributed by atoms with Crippen LogP contribution in [0.3, 0.4) is 0 Å². The Hall–Kier alpha value is -0.120. The molecule has 0 amide bonds. The predicted octanol–water partition coefficient (Wildman–Crippen LogP) is 2.67. The predicted molar refractivity (Wildman–Crippen MR) is 89.2 cm³/mol. The van der Waals surface area contributed by atoms with Gasteiger partial charge in [-0.25, -0.2) is 0 Å². The summed E-state index contributed by atoms with van der Waals surface area (Å²) in [5.74, 6) is 1.44. The second kappa shape index (κ2) is 9.01. The van der Waals surface area contributed by atoms with Crippen LogP contribution in [0, 0.1) is 11.8 Å². The third kappa shape index (κ3) is 5.71. The fraction of sp³-hybridized carbons (Fsp3) is 1.00. The summed E-state index contributed by atoms with van der Waals surface area (Å²) in [6.45, 7) is 17.5. The van der Waals surface area contributed by atoms with E-state index in [1.807, 2.05) is 0 Å². The Morgan fingerprint density at radius 2 is 1.90 bits per heavy atom. The zero-order valence-electron chi connectivity index (χ0n) is 14.7. The van der Waals surface area contributed by atoms with Gasteiger partial charge in [0, 0.05) is 25.2 Å². The average molecular weight is 284 g/mol. The summed E-state index contributed by atoms with van der Waals surface area (Å²) in [6.07, 6.45) is 2.76. The molecule has 1 aliphatic rings. The van der Waals surface area contributed by atoms with Gasteiger partial charge in [0.1, 0.15) is 0 Å². The first-order valence-electron chi connectivity index (χ1n) is 8.60. The minimum absolute atomic E-state index is 0.646. The van der Waals surface area contributed by atoms with Gasteiger partial charge in [-0.15, -0.1) is 0 Å². The van der Waals surface area contributed by atoms with Gasteiger partial charge in [0.15, 0.2) is 0 Å². The third-order valence-electron chi connectivity index (χ3n) is 4.65. The molecule has 0 spiro atoms. The number of likely N-dealkylation sites (N-methyl/N-ethyl adjacent to an activating group) is 2. The first-order chi connectivity index (χ1) is 9.45. The largest absolute Gasteiger partial charge is 0.315 e. The Morgan fingerprint density at radius 3 is 2.45 bits per heavy atom. The van der Waals surface area contributed by atoms with Crippen LogP contribution in [0.5, 0.6) is 0 Å². The fourth-order valence-electron chi connectivity index (χ4n) is 3.41. The summed E-state index contributed by atoms with van der Waals surface area (Å²) in [5.41, 5.74) is 0. The number of nitrogens with one attached hydrogen (secondary N) is 1. The first kappa shape index (κ1) is 17.9. The summed E-state index contributed by atoms with van der Waals surface area (Å²) in [6, 6.07) is 1.42. The number of hydrogen-bond acceptors (Lipinski definition) is 3. The zero-order valence-corrected chi connectivity index (χ0v) is 14.7. The van der Waals surface area contributed by atoms with Crippen LogP contribution in [0.25, 0.3) is 0 Å². The van der Waals surface area contributed by atoms with Gasteiger partial charge in [-0.1, -0.05) is 34.6 Å². The van der Waals surface area contributed by atoms with Crippen molar-refractivity contribution in [2.45, 2.75) is 59.5 Å². The molecule has 0 saturated carbocycles. The maximum Gasteiger partial charge on any atom is 0.0241 e. The van der Waals surface area contributed by atoms with E-state index in [-0.39, 0.29) is 0 Å². The molecule has 3 nitrogen and oxygen atoms in total. The SMILES string of the molecule is CCN1CCCC1CN(C)C(CNCC(C)C)C(C)C. The number of hydrogen-bond donors (Lipinski definition) is 1. The summed E-state index contributed by atoms with van der Waals surface area (Å²) < 4.78 is 0. The van der Waals surface area contributed by atoms with Gasteiger partial charge in [0.2, 0.25) is 0 Å². The van der Waals surface area contributed by atoms with E-state index in [1.54, 1.807) is 0 Å². The van der Waals surface area contributed by atoms with Crippen LogP contribution in [0.2, 0.25) is 0 Å². The molecule has 0 radical (unpaired) electrons. The lowest BCUT2D eigenvalue weighted by atomic mass is 10.0. The molecule has 3 heteroatoms. The molecular weight excluding hydrogens is 246 g/mol. The van der Waals surface area contributed by atoms with Crippen LogP contribution in [0.1, 0.15) is 47.5 Å². The van der Waals surface area contributed by atoms with Gasteiger partial charge in [0.05, 0.1) is 0 Å². The van der Waals surface area contributed by atoms with Gasteiger partial charge in [-0.2, -0.15) is 0 Å². The minimum Gasteiger partial charge on any atom is -0.315 e. The average Bonchev–Trinajstić information content (AvgIpc) is 2.80. The second-order valence-corrected chi connectivity index (χ2v) is 7.23. The molecule has 20 heavy (non-hydrogen) atoms. The highest BCUT2D eigenvalue weighted by Gasteiger charge is 2.27. The molecule has 1 rings (SSSR count). The minimum atomic E-state index is 0.646. The highest BCUT2D eigenvalue weighted by molar-refractivity contribution is 4.84. The molecular formula is C17H37N3. The van der Waals surface area contributed by atoms with Crippen LogP contribution >= 0.6 is 0 Å². The monoisotopic (exact) mass is 283 g/mol. The lowest BCUT2D eigenvalue weighted by molar-refractivity contribution is 0.135. The second-order valence-electron chi connectivity index (χ2n) is 7.23. The van der Waals surface area contributed by atoms with E-state index in [9.17, 15) is 0 Å². The number of likely N-dealkylation sites (tertiary alicyclic amines) is 1. The van der Waals surface area contributed by atoms with E-state index in [1.165, 1.54) is 32.5 Å². The molecule has 1 N–H and O–H groups in total. The Bertz CT molecular complexity index is 253. The molecule has 1 aliphatic heterocycles. The fourth-order valence-corrected chi connectivity index (χ4v) is 3.41. The quantitative estimate of drug-likeness (QED) is 0.702. The van der Waals surface area contributed by atoms with Gasteiger partial charge >= 0.3 is 0 Å². The van der Waals surface area contributed by atoms with Crippen molar-refractivity contribution in [3.63, 3.8) is 0 Å². The molecule has 0 aliphatic carbocycles. The normalized spacial score (nSPS) is 22.4. The molecule has 1 saturated heterocycles. The van der Waals surface area contributed by atoms with Crippen LogP contribution in [-0.4, -0.2) is 61.7 Å². The standard InChI is InChI=1S/C17H37N3/c1-7-20-10-8-9-16(20)13-19(6)17(15(4)5)12-18-11-14(2)3/h14-18H,7-13H2,1-6H3. The van der Waals surface area contributed by atoms with Crippen molar-refractivity contribution >= 4 is 0 Å². The van der Waals surface area contributed by atoms with E-state index in [0.29, 0.717) is 12.0 Å². The molecule has 0 aromatic carbocycles. The van der Waals surface area contributed by atoms with Gasteiger partial charge < -0.3 is 10.2 Å². The molecule has 0 aromatic rings. The highest BCUT2D eigenvalue weighted by Crippen LogP contribution is 2.19. The Morgan fingerprint density at radius 1 is 1.20 bits per heavy atom. The molecule has 0 bridgehead atoms. The van der Waals surface area contributed by atoms with Crippen molar-refractivity contribution in [2.75, 3.05) is 39.8 Å².